The molecule has 0 unspecified atom stereocenters. The molecule has 2 N–H and O–H groups in total. The van der Waals surface area contributed by atoms with Gasteiger partial charge in [-0.25, -0.2) is 4.98 Å². The zero-order valence-electron chi connectivity index (χ0n) is 19.9. The van der Waals surface area contributed by atoms with Crippen molar-refractivity contribution in [1.82, 2.24) is 20.2 Å². The number of carbonyl (C=O) groups is 2. The maximum Gasteiger partial charge on any atom is 0.262 e. The molecule has 0 aliphatic heterocycles. The third-order valence-electron chi connectivity index (χ3n) is 5.58. The highest BCUT2D eigenvalue weighted by molar-refractivity contribution is 8.00. The summed E-state index contributed by atoms with van der Waals surface area (Å²) in [6.07, 6.45) is 4.35. The van der Waals surface area contributed by atoms with Gasteiger partial charge in [0.15, 0.2) is 5.16 Å². The number of fused-ring (bicyclic) bond motifs is 1. The van der Waals surface area contributed by atoms with Gasteiger partial charge in [0.05, 0.1) is 41.8 Å². The summed E-state index contributed by atoms with van der Waals surface area (Å²) in [5, 5.41) is 6.20. The molecule has 4 rings (SSSR count). The van der Waals surface area contributed by atoms with Crippen LogP contribution in [0.4, 0.5) is 0 Å². The van der Waals surface area contributed by atoms with Crippen LogP contribution in [-0.2, 0) is 29.2 Å². The van der Waals surface area contributed by atoms with Crippen molar-refractivity contribution >= 4 is 34.5 Å². The number of amides is 2. The first kappa shape index (κ1) is 25.3. The van der Waals surface area contributed by atoms with Crippen molar-refractivity contribution in [3.05, 3.63) is 82.9 Å². The Morgan fingerprint density at radius 3 is 2.36 bits per heavy atom. The van der Waals surface area contributed by atoms with E-state index in [1.807, 2.05) is 13.0 Å². The number of hydrogen-bond donors (Lipinski definition) is 2. The minimum Gasteiger partial charge on any atom is -0.467 e. The van der Waals surface area contributed by atoms with E-state index < -0.39 is 5.25 Å². The average molecular weight is 509 g/mol. The Hall–Kier alpha value is -3.79. The van der Waals surface area contributed by atoms with Gasteiger partial charge in [-0.3, -0.25) is 19.0 Å². The summed E-state index contributed by atoms with van der Waals surface area (Å²) in [5.74, 6) is 1.04. The van der Waals surface area contributed by atoms with Gasteiger partial charge in [-0.15, -0.1) is 0 Å². The standard InChI is InChI=1S/C26H28N4O5S/c1-2-22(24(32)28-17-19-9-7-15-35-19)36-26-29-21-11-4-3-10-20(21)25(33)30(26)13-5-12-23(31)27-16-18-8-6-14-34-18/h3-4,6-11,14-15,22H,2,5,12-13,16-17H2,1H3,(H,27,31)(H,28,32)/t22-/m0/s1. The highest BCUT2D eigenvalue weighted by Gasteiger charge is 2.22. The molecule has 36 heavy (non-hydrogen) atoms. The number of nitrogens with one attached hydrogen (secondary N) is 2. The van der Waals surface area contributed by atoms with Crippen LogP contribution in [0.5, 0.6) is 0 Å². The predicted molar refractivity (Wildman–Crippen MR) is 136 cm³/mol. The first-order valence-electron chi connectivity index (χ1n) is 11.8. The molecule has 0 aliphatic rings. The molecule has 0 bridgehead atoms. The van der Waals surface area contributed by atoms with Gasteiger partial charge in [0, 0.05) is 13.0 Å². The third kappa shape index (κ3) is 6.45. The molecular weight excluding hydrogens is 480 g/mol. The molecule has 0 aliphatic carbocycles. The molecule has 10 heteroatoms. The molecule has 0 spiro atoms. The van der Waals surface area contributed by atoms with Crippen LogP contribution in [0.2, 0.25) is 0 Å². The molecule has 1 atom stereocenters. The van der Waals surface area contributed by atoms with Gasteiger partial charge in [-0.1, -0.05) is 30.8 Å². The molecule has 1 aromatic carbocycles. The van der Waals surface area contributed by atoms with Gasteiger partial charge < -0.3 is 19.5 Å². The summed E-state index contributed by atoms with van der Waals surface area (Å²) >= 11 is 1.25. The largest absolute Gasteiger partial charge is 0.467 e. The summed E-state index contributed by atoms with van der Waals surface area (Å²) in [5.41, 5.74) is 0.383. The molecule has 0 saturated carbocycles. The first-order chi connectivity index (χ1) is 17.5. The lowest BCUT2D eigenvalue weighted by Crippen LogP contribution is -2.33. The van der Waals surface area contributed by atoms with Crippen LogP contribution in [0.25, 0.3) is 10.9 Å². The van der Waals surface area contributed by atoms with Crippen molar-refractivity contribution in [1.29, 1.82) is 0 Å². The number of rotatable bonds is 12. The highest BCUT2D eigenvalue weighted by Crippen LogP contribution is 2.25. The second-order valence-corrected chi connectivity index (χ2v) is 9.31. The summed E-state index contributed by atoms with van der Waals surface area (Å²) in [7, 11) is 0. The first-order valence-corrected chi connectivity index (χ1v) is 12.7. The van der Waals surface area contributed by atoms with E-state index in [1.54, 1.807) is 59.6 Å². The van der Waals surface area contributed by atoms with E-state index in [1.165, 1.54) is 11.8 Å². The summed E-state index contributed by atoms with van der Waals surface area (Å²) in [4.78, 5) is 43.1. The lowest BCUT2D eigenvalue weighted by Gasteiger charge is -2.18. The van der Waals surface area contributed by atoms with Crippen molar-refractivity contribution in [2.45, 2.75) is 56.2 Å². The Balaban J connectivity index is 1.46. The molecule has 188 valence electrons. The van der Waals surface area contributed by atoms with E-state index in [2.05, 4.69) is 10.6 Å². The van der Waals surface area contributed by atoms with Crippen LogP contribution in [0, 0.1) is 0 Å². The Morgan fingerprint density at radius 2 is 1.69 bits per heavy atom. The quantitative estimate of drug-likeness (QED) is 0.220. The normalized spacial score (nSPS) is 11.9. The number of benzene rings is 1. The van der Waals surface area contributed by atoms with Crippen LogP contribution in [0.15, 0.2) is 79.8 Å². The monoisotopic (exact) mass is 508 g/mol. The maximum absolute atomic E-state index is 13.3. The Kier molecular flexibility index (Phi) is 8.62. The molecular formula is C26H28N4O5S. The minimum atomic E-state index is -0.448. The Morgan fingerprint density at radius 1 is 1.00 bits per heavy atom. The maximum atomic E-state index is 13.3. The lowest BCUT2D eigenvalue weighted by molar-refractivity contribution is -0.122. The number of carbonyl (C=O) groups excluding carboxylic acids is 2. The predicted octanol–water partition coefficient (Wildman–Crippen LogP) is 3.87. The fraction of sp³-hybridized carbons (Fsp3) is 0.308. The number of aromatic nitrogens is 2. The number of para-hydroxylation sites is 1. The van der Waals surface area contributed by atoms with Crippen molar-refractivity contribution < 1.29 is 18.4 Å². The lowest BCUT2D eigenvalue weighted by atomic mass is 10.2. The fourth-order valence-corrected chi connectivity index (χ4v) is 4.73. The van der Waals surface area contributed by atoms with Gasteiger partial charge >= 0.3 is 0 Å². The van der Waals surface area contributed by atoms with Crippen LogP contribution in [0.1, 0.15) is 37.7 Å². The molecule has 4 aromatic rings. The highest BCUT2D eigenvalue weighted by atomic mass is 32.2. The van der Waals surface area contributed by atoms with Crippen molar-refractivity contribution in [2.75, 3.05) is 0 Å². The second-order valence-electron chi connectivity index (χ2n) is 8.14. The van der Waals surface area contributed by atoms with Crippen LogP contribution in [0.3, 0.4) is 0 Å². The van der Waals surface area contributed by atoms with Crippen molar-refractivity contribution in [3.63, 3.8) is 0 Å². The van der Waals surface area contributed by atoms with Gasteiger partial charge in [0.2, 0.25) is 11.8 Å². The van der Waals surface area contributed by atoms with Crippen molar-refractivity contribution in [3.8, 4) is 0 Å². The van der Waals surface area contributed by atoms with E-state index in [0.717, 1.165) is 0 Å². The minimum absolute atomic E-state index is 0.133. The molecule has 9 nitrogen and oxygen atoms in total. The van der Waals surface area contributed by atoms with Crippen LogP contribution >= 0.6 is 11.8 Å². The fourth-order valence-electron chi connectivity index (χ4n) is 3.67. The molecule has 0 saturated heterocycles. The molecule has 2 amide bonds. The SMILES string of the molecule is CC[C@H](Sc1nc2ccccc2c(=O)n1CCCC(=O)NCc1ccco1)C(=O)NCc1ccco1. The second kappa shape index (κ2) is 12.3. The molecule has 3 heterocycles. The molecule has 0 fully saturated rings. The van der Waals surface area contributed by atoms with Crippen LogP contribution in [-0.4, -0.2) is 26.6 Å². The number of thioether (sulfide) groups is 1. The summed E-state index contributed by atoms with van der Waals surface area (Å²) in [6, 6.07) is 14.2. The number of furan rings is 2. The van der Waals surface area contributed by atoms with Gasteiger partial charge in [0.1, 0.15) is 11.5 Å². The van der Waals surface area contributed by atoms with E-state index in [4.69, 9.17) is 13.8 Å². The number of hydrogen-bond acceptors (Lipinski definition) is 7. The zero-order valence-corrected chi connectivity index (χ0v) is 20.8. The average Bonchev–Trinajstić information content (AvgIpc) is 3.61. The summed E-state index contributed by atoms with van der Waals surface area (Å²) in [6.45, 7) is 2.82. The smallest absolute Gasteiger partial charge is 0.262 e. The number of nitrogens with zero attached hydrogens (tertiary/aromatic N) is 2. The zero-order chi connectivity index (χ0) is 25.3. The Bertz CT molecular complexity index is 1350. The third-order valence-corrected chi connectivity index (χ3v) is 6.93. The molecule has 0 radical (unpaired) electrons. The summed E-state index contributed by atoms with van der Waals surface area (Å²) < 4.78 is 12.1. The topological polar surface area (TPSA) is 119 Å². The van der Waals surface area contributed by atoms with E-state index >= 15 is 0 Å². The van der Waals surface area contributed by atoms with Crippen molar-refractivity contribution in [2.24, 2.45) is 0 Å². The van der Waals surface area contributed by atoms with Gasteiger partial charge in [0.25, 0.3) is 5.56 Å². The van der Waals surface area contributed by atoms with E-state index in [9.17, 15) is 14.4 Å². The van der Waals surface area contributed by atoms with Gasteiger partial charge in [-0.2, -0.15) is 0 Å². The molecule has 3 aromatic heterocycles. The van der Waals surface area contributed by atoms with E-state index in [-0.39, 0.29) is 30.3 Å². The Labute approximate surface area is 212 Å². The van der Waals surface area contributed by atoms with Crippen LogP contribution < -0.4 is 16.2 Å². The van der Waals surface area contributed by atoms with Gasteiger partial charge in [-0.05, 0) is 49.2 Å². The van der Waals surface area contributed by atoms with E-state index in [0.29, 0.717) is 53.5 Å².